The van der Waals surface area contributed by atoms with E-state index >= 15 is 0 Å². The van der Waals surface area contributed by atoms with Gasteiger partial charge in [0.15, 0.2) is 5.58 Å². The predicted octanol–water partition coefficient (Wildman–Crippen LogP) is 4.45. The molecule has 0 unspecified atom stereocenters. The normalized spacial score (nSPS) is 10.8. The quantitative estimate of drug-likeness (QED) is 0.603. The van der Waals surface area contributed by atoms with Crippen LogP contribution in [-0.2, 0) is 0 Å². The number of hydrogen-bond acceptors (Lipinski definition) is 4. The Bertz CT molecular complexity index is 1040. The largest absolute Gasteiger partial charge is 0.436 e. The van der Waals surface area contributed by atoms with Crippen molar-refractivity contribution in [3.05, 3.63) is 78.1 Å². The van der Waals surface area contributed by atoms with Gasteiger partial charge in [-0.15, -0.1) is 0 Å². The van der Waals surface area contributed by atoms with Crippen LogP contribution in [0.25, 0.3) is 22.6 Å². The van der Waals surface area contributed by atoms with Gasteiger partial charge in [0.2, 0.25) is 5.89 Å². The van der Waals surface area contributed by atoms with Crippen molar-refractivity contribution in [3.8, 4) is 11.5 Å². The molecule has 1 amide bonds. The number of nitrogens with zero attached hydrogens (tertiary/aromatic N) is 2. The van der Waals surface area contributed by atoms with Gasteiger partial charge in [0.25, 0.3) is 5.91 Å². The van der Waals surface area contributed by atoms with Crippen molar-refractivity contribution in [1.29, 1.82) is 0 Å². The smallest absolute Gasteiger partial charge is 0.255 e. The Balaban J connectivity index is 1.61. The van der Waals surface area contributed by atoms with Gasteiger partial charge < -0.3 is 9.73 Å². The summed E-state index contributed by atoms with van der Waals surface area (Å²) in [5.41, 5.74) is 4.62. The number of amides is 1. The molecule has 0 spiro atoms. The molecule has 5 heteroatoms. The van der Waals surface area contributed by atoms with E-state index in [9.17, 15) is 4.79 Å². The molecule has 2 heterocycles. The number of aryl methyl sites for hydroxylation is 1. The molecule has 2 aromatic heterocycles. The molecule has 4 rings (SSSR count). The monoisotopic (exact) mass is 329 g/mol. The summed E-state index contributed by atoms with van der Waals surface area (Å²) in [6.07, 6.45) is 3.38. The third-order valence-electron chi connectivity index (χ3n) is 3.89. The van der Waals surface area contributed by atoms with Gasteiger partial charge in [-0.05, 0) is 49.4 Å². The summed E-state index contributed by atoms with van der Waals surface area (Å²) in [4.78, 5) is 20.8. The fourth-order valence-corrected chi connectivity index (χ4v) is 2.53. The molecule has 0 aliphatic rings. The highest BCUT2D eigenvalue weighted by Crippen LogP contribution is 2.26. The molecule has 0 bridgehead atoms. The molecule has 0 aliphatic heterocycles. The van der Waals surface area contributed by atoms with Crippen LogP contribution in [-0.4, -0.2) is 15.9 Å². The lowest BCUT2D eigenvalue weighted by Crippen LogP contribution is -2.11. The Labute approximate surface area is 144 Å². The van der Waals surface area contributed by atoms with Crippen LogP contribution in [0.1, 0.15) is 15.9 Å². The molecule has 5 nitrogen and oxygen atoms in total. The van der Waals surface area contributed by atoms with E-state index < -0.39 is 0 Å². The number of rotatable bonds is 3. The Morgan fingerprint density at radius 2 is 1.76 bits per heavy atom. The first-order chi connectivity index (χ1) is 12.2. The molecule has 25 heavy (non-hydrogen) atoms. The summed E-state index contributed by atoms with van der Waals surface area (Å²) < 4.78 is 5.76. The molecule has 0 saturated heterocycles. The Morgan fingerprint density at radius 3 is 2.52 bits per heavy atom. The molecule has 1 N–H and O–H groups in total. The predicted molar refractivity (Wildman–Crippen MR) is 96.4 cm³/mol. The molecule has 2 aromatic carbocycles. The third kappa shape index (κ3) is 3.12. The molecule has 0 atom stereocenters. The zero-order valence-electron chi connectivity index (χ0n) is 13.6. The number of benzene rings is 2. The van der Waals surface area contributed by atoms with Gasteiger partial charge in [-0.25, -0.2) is 4.98 Å². The number of oxazole rings is 1. The van der Waals surface area contributed by atoms with Crippen molar-refractivity contribution in [2.24, 2.45) is 0 Å². The van der Waals surface area contributed by atoms with E-state index in [1.807, 2.05) is 31.2 Å². The van der Waals surface area contributed by atoms with Crippen molar-refractivity contribution in [1.82, 2.24) is 9.97 Å². The second-order valence-electron chi connectivity index (χ2n) is 5.76. The van der Waals surface area contributed by atoms with Crippen molar-refractivity contribution >= 4 is 22.7 Å². The van der Waals surface area contributed by atoms with Crippen molar-refractivity contribution in [2.75, 3.05) is 5.32 Å². The number of fused-ring (bicyclic) bond motifs is 1. The molecular formula is C20H15N3O2. The first-order valence-electron chi connectivity index (χ1n) is 7.88. The van der Waals surface area contributed by atoms with E-state index in [1.54, 1.807) is 42.7 Å². The summed E-state index contributed by atoms with van der Waals surface area (Å²) in [7, 11) is 0. The van der Waals surface area contributed by atoms with Crippen LogP contribution in [0.5, 0.6) is 0 Å². The van der Waals surface area contributed by atoms with Crippen LogP contribution >= 0.6 is 0 Å². The fraction of sp³-hybridized carbons (Fsp3) is 0.0500. The van der Waals surface area contributed by atoms with Crippen LogP contribution in [0.3, 0.4) is 0 Å². The molecule has 0 saturated carbocycles. The number of anilines is 1. The Kier molecular flexibility index (Phi) is 3.74. The summed E-state index contributed by atoms with van der Waals surface area (Å²) in [6.45, 7) is 1.99. The lowest BCUT2D eigenvalue weighted by Gasteiger charge is -2.05. The van der Waals surface area contributed by atoms with Gasteiger partial charge in [-0.2, -0.15) is 0 Å². The van der Waals surface area contributed by atoms with Gasteiger partial charge in [0.1, 0.15) is 5.52 Å². The van der Waals surface area contributed by atoms with E-state index in [0.29, 0.717) is 28.2 Å². The zero-order chi connectivity index (χ0) is 17.2. The topological polar surface area (TPSA) is 68.0 Å². The summed E-state index contributed by atoms with van der Waals surface area (Å²) in [6, 6.07) is 16.5. The number of hydrogen-bond donors (Lipinski definition) is 1. The lowest BCUT2D eigenvalue weighted by molar-refractivity contribution is 0.102. The maximum absolute atomic E-state index is 12.3. The standard InChI is InChI=1S/C20H15N3O2/c1-13-2-4-14(5-3-13)19(24)22-16-6-7-18-17(12-16)23-20(25-18)15-8-10-21-11-9-15/h2-12H,1H3,(H,22,24). The minimum Gasteiger partial charge on any atom is -0.436 e. The molecule has 4 aromatic rings. The van der Waals surface area contributed by atoms with Crippen LogP contribution in [0.15, 0.2) is 71.4 Å². The first-order valence-corrected chi connectivity index (χ1v) is 7.88. The van der Waals surface area contributed by atoms with E-state index in [1.165, 1.54) is 0 Å². The molecular weight excluding hydrogens is 314 g/mol. The second kappa shape index (κ2) is 6.20. The summed E-state index contributed by atoms with van der Waals surface area (Å²) in [5, 5.41) is 2.89. The molecule has 0 radical (unpaired) electrons. The van der Waals surface area contributed by atoms with Crippen LogP contribution in [0.2, 0.25) is 0 Å². The summed E-state index contributed by atoms with van der Waals surface area (Å²) >= 11 is 0. The third-order valence-corrected chi connectivity index (χ3v) is 3.89. The fourth-order valence-electron chi connectivity index (χ4n) is 2.53. The van der Waals surface area contributed by atoms with Gasteiger partial charge >= 0.3 is 0 Å². The van der Waals surface area contributed by atoms with Crippen LogP contribution in [0, 0.1) is 6.92 Å². The number of nitrogens with one attached hydrogen (secondary N) is 1. The minimum absolute atomic E-state index is 0.155. The summed E-state index contributed by atoms with van der Waals surface area (Å²) in [5.74, 6) is 0.372. The second-order valence-corrected chi connectivity index (χ2v) is 5.76. The van der Waals surface area contributed by atoms with Gasteiger partial charge in [-0.3, -0.25) is 9.78 Å². The van der Waals surface area contributed by atoms with Crippen molar-refractivity contribution in [2.45, 2.75) is 6.92 Å². The van der Waals surface area contributed by atoms with Crippen molar-refractivity contribution in [3.63, 3.8) is 0 Å². The number of pyridine rings is 1. The van der Waals surface area contributed by atoms with E-state index in [4.69, 9.17) is 4.42 Å². The maximum atomic E-state index is 12.3. The highest BCUT2D eigenvalue weighted by Gasteiger charge is 2.10. The van der Waals surface area contributed by atoms with Gasteiger partial charge in [0.05, 0.1) is 0 Å². The minimum atomic E-state index is -0.155. The average Bonchev–Trinajstić information content (AvgIpc) is 3.06. The van der Waals surface area contributed by atoms with E-state index in [0.717, 1.165) is 11.1 Å². The van der Waals surface area contributed by atoms with E-state index in [2.05, 4.69) is 15.3 Å². The Morgan fingerprint density at radius 1 is 1.00 bits per heavy atom. The van der Waals surface area contributed by atoms with Gasteiger partial charge in [-0.1, -0.05) is 17.7 Å². The van der Waals surface area contributed by atoms with Gasteiger partial charge in [0, 0.05) is 29.2 Å². The molecule has 0 fully saturated rings. The van der Waals surface area contributed by atoms with E-state index in [-0.39, 0.29) is 5.91 Å². The number of aromatic nitrogens is 2. The van der Waals surface area contributed by atoms with Crippen LogP contribution in [0.4, 0.5) is 5.69 Å². The van der Waals surface area contributed by atoms with Crippen molar-refractivity contribution < 1.29 is 9.21 Å². The number of carbonyl (C=O) groups excluding carboxylic acids is 1. The van der Waals surface area contributed by atoms with Crippen LogP contribution < -0.4 is 5.32 Å². The first kappa shape index (κ1) is 15.1. The molecule has 0 aliphatic carbocycles. The highest BCUT2D eigenvalue weighted by atomic mass is 16.3. The molecule has 122 valence electrons. The number of carbonyl (C=O) groups is 1. The Hall–Kier alpha value is -3.47. The zero-order valence-corrected chi connectivity index (χ0v) is 13.6. The maximum Gasteiger partial charge on any atom is 0.255 e. The SMILES string of the molecule is Cc1ccc(C(=O)Nc2ccc3oc(-c4ccncc4)nc3c2)cc1. The average molecular weight is 329 g/mol. The lowest BCUT2D eigenvalue weighted by atomic mass is 10.1. The highest BCUT2D eigenvalue weighted by molar-refractivity contribution is 6.04.